The van der Waals surface area contributed by atoms with Crippen LogP contribution < -0.4 is 5.32 Å². The van der Waals surface area contributed by atoms with Crippen molar-refractivity contribution >= 4 is 40.8 Å². The molecule has 5 nitrogen and oxygen atoms in total. The second-order valence-electron chi connectivity index (χ2n) is 4.11. The predicted molar refractivity (Wildman–Crippen MR) is 79.5 cm³/mol. The molecule has 3 N–H and O–H groups in total. The monoisotopic (exact) mass is 325 g/mol. The van der Waals surface area contributed by atoms with E-state index >= 15 is 0 Å². The maximum absolute atomic E-state index is 12.1. The third-order valence-electron chi connectivity index (χ3n) is 2.66. The molecule has 0 bridgehead atoms. The highest BCUT2D eigenvalue weighted by Crippen LogP contribution is 2.25. The number of hydrogen-bond acceptors (Lipinski definition) is 3. The van der Waals surface area contributed by atoms with Crippen molar-refractivity contribution in [1.82, 2.24) is 0 Å². The molecule has 21 heavy (non-hydrogen) atoms. The molecule has 1 amide bonds. The highest BCUT2D eigenvalue weighted by Gasteiger charge is 2.16. The fourth-order valence-corrected chi connectivity index (χ4v) is 2.18. The topological polar surface area (TPSA) is 86.6 Å². The molecule has 2 aromatic carbocycles. The van der Waals surface area contributed by atoms with E-state index in [1.54, 1.807) is 0 Å². The van der Waals surface area contributed by atoms with Crippen molar-refractivity contribution < 1.29 is 19.8 Å². The molecule has 0 unspecified atom stereocenters. The zero-order chi connectivity index (χ0) is 15.6. The summed E-state index contributed by atoms with van der Waals surface area (Å²) in [4.78, 5) is 23.2. The SMILES string of the molecule is O=C(Nc1ccc(O)cc1C(=O)O)c1ccc(Cl)cc1Cl. The molecule has 0 saturated carbocycles. The molecular weight excluding hydrogens is 317 g/mol. The Morgan fingerprint density at radius 3 is 2.33 bits per heavy atom. The molecule has 7 heteroatoms. The molecule has 108 valence electrons. The molecule has 0 spiro atoms. The number of aromatic hydroxyl groups is 1. The highest BCUT2D eigenvalue weighted by molar-refractivity contribution is 6.37. The van der Waals surface area contributed by atoms with Gasteiger partial charge in [0, 0.05) is 5.02 Å². The first kappa shape index (κ1) is 15.2. The summed E-state index contributed by atoms with van der Waals surface area (Å²) < 4.78 is 0. The lowest BCUT2D eigenvalue weighted by atomic mass is 10.1. The number of nitrogens with one attached hydrogen (secondary N) is 1. The van der Waals surface area contributed by atoms with Gasteiger partial charge in [0.05, 0.1) is 21.8 Å². The van der Waals surface area contributed by atoms with Crippen molar-refractivity contribution in [3.63, 3.8) is 0 Å². The van der Waals surface area contributed by atoms with Gasteiger partial charge >= 0.3 is 5.97 Å². The Morgan fingerprint density at radius 1 is 1.00 bits per heavy atom. The fraction of sp³-hybridized carbons (Fsp3) is 0. The van der Waals surface area contributed by atoms with Crippen molar-refractivity contribution in [2.24, 2.45) is 0 Å². The van der Waals surface area contributed by atoms with E-state index in [0.717, 1.165) is 6.07 Å². The second-order valence-corrected chi connectivity index (χ2v) is 4.96. The molecule has 2 rings (SSSR count). The fourth-order valence-electron chi connectivity index (χ4n) is 1.68. The second kappa shape index (κ2) is 6.03. The molecule has 0 saturated heterocycles. The Labute approximate surface area is 129 Å². The molecule has 0 heterocycles. The van der Waals surface area contributed by atoms with Gasteiger partial charge in [-0.3, -0.25) is 4.79 Å². The number of phenols is 1. The Kier molecular flexibility index (Phi) is 4.35. The minimum atomic E-state index is -1.27. The van der Waals surface area contributed by atoms with Crippen LogP contribution in [0.2, 0.25) is 10.0 Å². The molecule has 0 aliphatic heterocycles. The van der Waals surface area contributed by atoms with Crippen LogP contribution in [0.1, 0.15) is 20.7 Å². The predicted octanol–water partition coefficient (Wildman–Crippen LogP) is 3.65. The standard InChI is InChI=1S/C14H9Cl2NO4/c15-7-1-3-9(11(16)5-7)13(19)17-12-4-2-8(18)6-10(12)14(20)21/h1-6,18H,(H,17,19)(H,20,21). The van der Waals surface area contributed by atoms with Crippen molar-refractivity contribution in [3.05, 3.63) is 57.6 Å². The maximum Gasteiger partial charge on any atom is 0.337 e. The third kappa shape index (κ3) is 3.45. The van der Waals surface area contributed by atoms with Crippen molar-refractivity contribution in [2.75, 3.05) is 5.32 Å². The Hall–Kier alpha value is -2.24. The van der Waals surface area contributed by atoms with Crippen LogP contribution in [0, 0.1) is 0 Å². The van der Waals surface area contributed by atoms with Gasteiger partial charge in [-0.15, -0.1) is 0 Å². The van der Waals surface area contributed by atoms with Crippen molar-refractivity contribution in [2.45, 2.75) is 0 Å². The highest BCUT2D eigenvalue weighted by atomic mass is 35.5. The van der Waals surface area contributed by atoms with Gasteiger partial charge in [0.1, 0.15) is 5.75 Å². The van der Waals surface area contributed by atoms with E-state index in [4.69, 9.17) is 28.3 Å². The Morgan fingerprint density at radius 2 is 1.71 bits per heavy atom. The number of aromatic carboxylic acids is 1. The van der Waals surface area contributed by atoms with Gasteiger partial charge in [0.25, 0.3) is 5.91 Å². The van der Waals surface area contributed by atoms with Gasteiger partial charge in [-0.05, 0) is 36.4 Å². The molecule has 0 fully saturated rings. The van der Waals surface area contributed by atoms with Gasteiger partial charge < -0.3 is 15.5 Å². The van der Waals surface area contributed by atoms with Gasteiger partial charge in [-0.2, -0.15) is 0 Å². The van der Waals surface area contributed by atoms with Crippen LogP contribution in [-0.4, -0.2) is 22.1 Å². The first-order chi connectivity index (χ1) is 9.88. The van der Waals surface area contributed by atoms with E-state index in [0.29, 0.717) is 5.02 Å². The summed E-state index contributed by atoms with van der Waals surface area (Å²) in [5, 5.41) is 21.3. The first-order valence-corrected chi connectivity index (χ1v) is 6.47. The summed E-state index contributed by atoms with van der Waals surface area (Å²) >= 11 is 11.7. The number of carbonyl (C=O) groups is 2. The molecule has 0 aliphatic carbocycles. The van der Waals surface area contributed by atoms with Crippen LogP contribution in [0.4, 0.5) is 5.69 Å². The summed E-state index contributed by atoms with van der Waals surface area (Å²) in [5.41, 5.74) is -0.0183. The van der Waals surface area contributed by atoms with E-state index < -0.39 is 11.9 Å². The molecule has 0 aromatic heterocycles. The number of carboxylic acid groups (broad SMARTS) is 1. The van der Waals surface area contributed by atoms with E-state index in [1.165, 1.54) is 30.3 Å². The van der Waals surface area contributed by atoms with Gasteiger partial charge in [-0.1, -0.05) is 23.2 Å². The third-order valence-corrected chi connectivity index (χ3v) is 3.21. The van der Waals surface area contributed by atoms with Crippen LogP contribution in [0.25, 0.3) is 0 Å². The molecule has 2 aromatic rings. The van der Waals surface area contributed by atoms with Crippen LogP contribution in [0.5, 0.6) is 5.75 Å². The average Bonchev–Trinajstić information content (AvgIpc) is 2.40. The molecule has 0 aliphatic rings. The van der Waals surface area contributed by atoms with Crippen LogP contribution in [-0.2, 0) is 0 Å². The number of carboxylic acids is 1. The quantitative estimate of drug-likeness (QED) is 0.752. The Bertz CT molecular complexity index is 731. The number of amides is 1. The lowest BCUT2D eigenvalue weighted by Crippen LogP contribution is -2.15. The average molecular weight is 326 g/mol. The van der Waals surface area contributed by atoms with Gasteiger partial charge in [-0.25, -0.2) is 4.79 Å². The summed E-state index contributed by atoms with van der Waals surface area (Å²) in [6.07, 6.45) is 0. The van der Waals surface area contributed by atoms with Crippen LogP contribution in [0.3, 0.4) is 0 Å². The van der Waals surface area contributed by atoms with Crippen molar-refractivity contribution in [1.29, 1.82) is 0 Å². The largest absolute Gasteiger partial charge is 0.508 e. The number of phenolic OH excluding ortho intramolecular Hbond substituents is 1. The van der Waals surface area contributed by atoms with Gasteiger partial charge in [0.15, 0.2) is 0 Å². The minimum absolute atomic E-state index is 0.0521. The number of halogens is 2. The van der Waals surface area contributed by atoms with E-state index in [9.17, 15) is 14.7 Å². The first-order valence-electron chi connectivity index (χ1n) is 5.71. The lowest BCUT2D eigenvalue weighted by Gasteiger charge is -2.10. The summed E-state index contributed by atoms with van der Waals surface area (Å²) in [6, 6.07) is 7.94. The molecule has 0 atom stereocenters. The summed E-state index contributed by atoms with van der Waals surface area (Å²) in [5.74, 6) is -2.07. The van der Waals surface area contributed by atoms with E-state index in [2.05, 4.69) is 5.32 Å². The minimum Gasteiger partial charge on any atom is -0.508 e. The zero-order valence-corrected chi connectivity index (χ0v) is 11.9. The number of hydrogen-bond donors (Lipinski definition) is 3. The number of carbonyl (C=O) groups excluding carboxylic acids is 1. The number of rotatable bonds is 3. The van der Waals surface area contributed by atoms with Crippen LogP contribution >= 0.6 is 23.2 Å². The molecular formula is C14H9Cl2NO4. The summed E-state index contributed by atoms with van der Waals surface area (Å²) in [6.45, 7) is 0. The number of anilines is 1. The zero-order valence-electron chi connectivity index (χ0n) is 10.4. The number of benzene rings is 2. The lowest BCUT2D eigenvalue weighted by molar-refractivity contribution is 0.0697. The summed E-state index contributed by atoms with van der Waals surface area (Å²) in [7, 11) is 0. The smallest absolute Gasteiger partial charge is 0.337 e. The Balaban J connectivity index is 2.34. The molecule has 0 radical (unpaired) electrons. The van der Waals surface area contributed by atoms with Crippen LogP contribution in [0.15, 0.2) is 36.4 Å². The van der Waals surface area contributed by atoms with E-state index in [-0.39, 0.29) is 27.6 Å². The van der Waals surface area contributed by atoms with E-state index in [1.807, 2.05) is 0 Å². The maximum atomic E-state index is 12.1. The normalized spacial score (nSPS) is 10.2. The van der Waals surface area contributed by atoms with Gasteiger partial charge in [0.2, 0.25) is 0 Å². The van der Waals surface area contributed by atoms with Crippen molar-refractivity contribution in [3.8, 4) is 5.75 Å².